The molecule has 0 aliphatic heterocycles. The van der Waals surface area contributed by atoms with Crippen molar-refractivity contribution in [2.75, 3.05) is 18.8 Å². The van der Waals surface area contributed by atoms with Crippen molar-refractivity contribution in [2.24, 2.45) is 0 Å². The molecule has 6 heteroatoms. The molecule has 1 aromatic rings. The van der Waals surface area contributed by atoms with E-state index in [9.17, 15) is 13.5 Å². The van der Waals surface area contributed by atoms with Gasteiger partial charge in [0.15, 0.2) is 0 Å². The summed E-state index contributed by atoms with van der Waals surface area (Å²) in [5.41, 5.74) is 0.797. The Bertz CT molecular complexity index is 488. The minimum Gasteiger partial charge on any atom is -0.508 e. The van der Waals surface area contributed by atoms with E-state index < -0.39 is 10.0 Å². The molecule has 0 saturated heterocycles. The average molecular weight is 286 g/mol. The fourth-order valence-electron chi connectivity index (χ4n) is 1.92. The summed E-state index contributed by atoms with van der Waals surface area (Å²) in [6, 6.07) is 7.05. The molecule has 0 aromatic heterocycles. The Balaban J connectivity index is 2.58. The molecule has 5 nitrogen and oxygen atoms in total. The summed E-state index contributed by atoms with van der Waals surface area (Å²) in [5.74, 6) is 0.265. The van der Waals surface area contributed by atoms with E-state index in [4.69, 9.17) is 0 Å². The summed E-state index contributed by atoms with van der Waals surface area (Å²) in [5, 5.41) is 12.9. The molecule has 1 unspecified atom stereocenters. The highest BCUT2D eigenvalue weighted by Crippen LogP contribution is 2.25. The van der Waals surface area contributed by atoms with Crippen molar-refractivity contribution in [1.29, 1.82) is 0 Å². The molecule has 108 valence electrons. The Morgan fingerprint density at radius 1 is 1.26 bits per heavy atom. The first kappa shape index (κ1) is 15.9. The van der Waals surface area contributed by atoms with Crippen LogP contribution in [0.4, 0.5) is 0 Å². The van der Waals surface area contributed by atoms with Gasteiger partial charge in [0.05, 0.1) is 5.75 Å². The third-order valence-corrected chi connectivity index (χ3v) is 4.32. The molecule has 0 aliphatic rings. The Kier molecular flexibility index (Phi) is 6.27. The van der Waals surface area contributed by atoms with Crippen molar-refractivity contribution in [3.63, 3.8) is 0 Å². The number of benzene rings is 1. The second-order valence-electron chi connectivity index (χ2n) is 4.29. The third kappa shape index (κ3) is 5.18. The van der Waals surface area contributed by atoms with Crippen LogP contribution in [0.25, 0.3) is 0 Å². The molecule has 19 heavy (non-hydrogen) atoms. The molecule has 0 amide bonds. The first-order valence-corrected chi connectivity index (χ1v) is 8.14. The number of para-hydroxylation sites is 1. The number of sulfonamides is 1. The summed E-state index contributed by atoms with van der Waals surface area (Å²) in [7, 11) is -3.20. The minimum absolute atomic E-state index is 0.0327. The summed E-state index contributed by atoms with van der Waals surface area (Å²) < 4.78 is 25.5. The second kappa shape index (κ2) is 7.47. The van der Waals surface area contributed by atoms with Crippen molar-refractivity contribution in [3.8, 4) is 5.75 Å². The van der Waals surface area contributed by atoms with E-state index in [0.717, 1.165) is 12.0 Å². The lowest BCUT2D eigenvalue weighted by atomic mass is 10.0. The van der Waals surface area contributed by atoms with E-state index in [1.807, 2.05) is 19.1 Å². The van der Waals surface area contributed by atoms with Crippen LogP contribution in [0.2, 0.25) is 0 Å². The topological polar surface area (TPSA) is 78.4 Å². The van der Waals surface area contributed by atoms with Crippen LogP contribution in [0, 0.1) is 0 Å². The van der Waals surface area contributed by atoms with Crippen LogP contribution in [0.1, 0.15) is 31.9 Å². The molecule has 0 bridgehead atoms. The smallest absolute Gasteiger partial charge is 0.212 e. The summed E-state index contributed by atoms with van der Waals surface area (Å²) in [6.07, 6.45) is 0.777. The molecule has 0 aliphatic carbocycles. The maximum atomic E-state index is 11.5. The van der Waals surface area contributed by atoms with Crippen LogP contribution in [0.5, 0.6) is 5.75 Å². The SMILES string of the molecule is CCNS(=O)(=O)CCNC(CC)c1ccccc1O. The van der Waals surface area contributed by atoms with E-state index >= 15 is 0 Å². The fraction of sp³-hybridized carbons (Fsp3) is 0.538. The van der Waals surface area contributed by atoms with Gasteiger partial charge in [-0.05, 0) is 12.5 Å². The fourth-order valence-corrected chi connectivity index (χ4v) is 2.89. The van der Waals surface area contributed by atoms with Gasteiger partial charge in [0, 0.05) is 24.7 Å². The Hall–Kier alpha value is -1.11. The zero-order valence-electron chi connectivity index (χ0n) is 11.4. The van der Waals surface area contributed by atoms with Crippen molar-refractivity contribution in [2.45, 2.75) is 26.3 Å². The lowest BCUT2D eigenvalue weighted by Gasteiger charge is -2.18. The van der Waals surface area contributed by atoms with Gasteiger partial charge in [-0.3, -0.25) is 0 Å². The standard InChI is InChI=1S/C13H22N2O3S/c1-3-12(11-7-5-6-8-13(11)16)14-9-10-19(17,18)15-4-2/h5-8,12,14-16H,3-4,9-10H2,1-2H3. The second-order valence-corrected chi connectivity index (χ2v) is 6.22. The Morgan fingerprint density at radius 2 is 1.95 bits per heavy atom. The van der Waals surface area contributed by atoms with Gasteiger partial charge >= 0.3 is 0 Å². The van der Waals surface area contributed by atoms with Crippen LogP contribution >= 0.6 is 0 Å². The number of hydrogen-bond donors (Lipinski definition) is 3. The number of hydrogen-bond acceptors (Lipinski definition) is 4. The lowest BCUT2D eigenvalue weighted by Crippen LogP contribution is -2.33. The third-order valence-electron chi connectivity index (χ3n) is 2.85. The van der Waals surface area contributed by atoms with E-state index in [1.165, 1.54) is 0 Å². The van der Waals surface area contributed by atoms with Gasteiger partial charge in [0.25, 0.3) is 0 Å². The zero-order chi connectivity index (χ0) is 14.3. The molecule has 0 heterocycles. The molecule has 1 rings (SSSR count). The predicted molar refractivity (Wildman–Crippen MR) is 76.6 cm³/mol. The Morgan fingerprint density at radius 3 is 2.53 bits per heavy atom. The number of phenols is 1. The van der Waals surface area contributed by atoms with E-state index in [0.29, 0.717) is 13.1 Å². The Labute approximate surface area is 115 Å². The zero-order valence-corrected chi connectivity index (χ0v) is 12.2. The van der Waals surface area contributed by atoms with Crippen molar-refractivity contribution in [3.05, 3.63) is 29.8 Å². The molecular weight excluding hydrogens is 264 g/mol. The highest BCUT2D eigenvalue weighted by atomic mass is 32.2. The van der Waals surface area contributed by atoms with Crippen molar-refractivity contribution < 1.29 is 13.5 Å². The average Bonchev–Trinajstić information content (AvgIpc) is 2.36. The van der Waals surface area contributed by atoms with Gasteiger partial charge in [0.1, 0.15) is 5.75 Å². The van der Waals surface area contributed by atoms with Crippen LogP contribution in [0.3, 0.4) is 0 Å². The largest absolute Gasteiger partial charge is 0.508 e. The number of aromatic hydroxyl groups is 1. The summed E-state index contributed by atoms with van der Waals surface area (Å²) in [4.78, 5) is 0. The number of rotatable bonds is 8. The summed E-state index contributed by atoms with van der Waals surface area (Å²) in [6.45, 7) is 4.49. The monoisotopic (exact) mass is 286 g/mol. The highest BCUT2D eigenvalue weighted by molar-refractivity contribution is 7.89. The van der Waals surface area contributed by atoms with Crippen LogP contribution < -0.4 is 10.0 Å². The molecule has 0 spiro atoms. The molecule has 1 atom stereocenters. The van der Waals surface area contributed by atoms with E-state index in [-0.39, 0.29) is 17.5 Å². The molecular formula is C13H22N2O3S. The minimum atomic E-state index is -3.20. The molecule has 0 saturated carbocycles. The first-order chi connectivity index (χ1) is 9.00. The van der Waals surface area contributed by atoms with Crippen LogP contribution in [-0.4, -0.2) is 32.4 Å². The maximum absolute atomic E-state index is 11.5. The maximum Gasteiger partial charge on any atom is 0.212 e. The van der Waals surface area contributed by atoms with Crippen LogP contribution in [-0.2, 0) is 10.0 Å². The highest BCUT2D eigenvalue weighted by Gasteiger charge is 2.14. The van der Waals surface area contributed by atoms with E-state index in [1.54, 1.807) is 19.1 Å². The van der Waals surface area contributed by atoms with Crippen LogP contribution in [0.15, 0.2) is 24.3 Å². The van der Waals surface area contributed by atoms with Gasteiger partial charge < -0.3 is 10.4 Å². The quantitative estimate of drug-likeness (QED) is 0.674. The first-order valence-electron chi connectivity index (χ1n) is 6.48. The van der Waals surface area contributed by atoms with Gasteiger partial charge in [-0.2, -0.15) is 0 Å². The van der Waals surface area contributed by atoms with Crippen molar-refractivity contribution in [1.82, 2.24) is 10.0 Å². The normalized spacial score (nSPS) is 13.4. The van der Waals surface area contributed by atoms with Gasteiger partial charge in [-0.25, -0.2) is 13.1 Å². The molecule has 0 fully saturated rings. The van der Waals surface area contributed by atoms with Gasteiger partial charge in [-0.15, -0.1) is 0 Å². The van der Waals surface area contributed by atoms with E-state index in [2.05, 4.69) is 10.0 Å². The number of nitrogens with one attached hydrogen (secondary N) is 2. The molecule has 1 aromatic carbocycles. The van der Waals surface area contributed by atoms with Gasteiger partial charge in [-0.1, -0.05) is 32.0 Å². The number of phenolic OH excluding ortho intramolecular Hbond substituents is 1. The molecule has 0 radical (unpaired) electrons. The van der Waals surface area contributed by atoms with Gasteiger partial charge in [0.2, 0.25) is 10.0 Å². The molecule has 3 N–H and O–H groups in total. The van der Waals surface area contributed by atoms with Crippen molar-refractivity contribution >= 4 is 10.0 Å². The summed E-state index contributed by atoms with van der Waals surface area (Å²) >= 11 is 0. The lowest BCUT2D eigenvalue weighted by molar-refractivity contribution is 0.444. The predicted octanol–water partition coefficient (Wildman–Crippen LogP) is 1.37.